The van der Waals surface area contributed by atoms with E-state index in [1.165, 1.54) is 17.8 Å². The average Bonchev–Trinajstić information content (AvgIpc) is 2.04. The largest absolute Gasteiger partial charge is 0.478 e. The van der Waals surface area contributed by atoms with Gasteiger partial charge in [0, 0.05) is 0 Å². The van der Waals surface area contributed by atoms with Crippen molar-refractivity contribution < 1.29 is 14.7 Å². The zero-order chi connectivity index (χ0) is 8.27. The fourth-order valence-electron chi connectivity index (χ4n) is 0.739. The Morgan fingerprint density at radius 2 is 2.45 bits per heavy atom. The number of carbonyl (C=O) groups is 2. The molecule has 1 unspecified atom stereocenters. The van der Waals surface area contributed by atoms with Crippen molar-refractivity contribution in [3.63, 3.8) is 0 Å². The number of carboxylic acids is 1. The Morgan fingerprint density at radius 3 is 2.91 bits per heavy atom. The van der Waals surface area contributed by atoms with E-state index >= 15 is 0 Å². The van der Waals surface area contributed by atoms with Gasteiger partial charge in [-0.2, -0.15) is 0 Å². The van der Waals surface area contributed by atoms with Gasteiger partial charge in [0.25, 0.3) is 0 Å². The molecule has 0 bridgehead atoms. The molecule has 1 heterocycles. The first-order valence-corrected chi connectivity index (χ1v) is 3.90. The van der Waals surface area contributed by atoms with Crippen molar-refractivity contribution in [2.45, 2.75) is 5.25 Å². The van der Waals surface area contributed by atoms with E-state index in [0.717, 1.165) is 0 Å². The van der Waals surface area contributed by atoms with Crippen molar-refractivity contribution in [2.24, 2.45) is 0 Å². The van der Waals surface area contributed by atoms with Crippen molar-refractivity contribution in [1.29, 1.82) is 0 Å². The number of allylic oxidation sites excluding steroid dienone is 2. The monoisotopic (exact) mass is 170 g/mol. The highest BCUT2D eigenvalue weighted by Gasteiger charge is 2.20. The molecule has 1 aliphatic heterocycles. The Kier molecular flexibility index (Phi) is 2.48. The Labute approximate surface area is 67.8 Å². The van der Waals surface area contributed by atoms with E-state index in [2.05, 4.69) is 0 Å². The van der Waals surface area contributed by atoms with E-state index in [-0.39, 0.29) is 5.57 Å². The van der Waals surface area contributed by atoms with Gasteiger partial charge in [-0.1, -0.05) is 6.08 Å². The first-order valence-electron chi connectivity index (χ1n) is 2.96. The maximum atomic E-state index is 10.4. The molecule has 0 aromatic heterocycles. The van der Waals surface area contributed by atoms with Crippen LogP contribution in [0.2, 0.25) is 0 Å². The van der Waals surface area contributed by atoms with Crippen LogP contribution < -0.4 is 0 Å². The van der Waals surface area contributed by atoms with Gasteiger partial charge in [0.05, 0.1) is 10.8 Å². The van der Waals surface area contributed by atoms with Crippen LogP contribution in [0.15, 0.2) is 23.1 Å². The molecule has 0 saturated carbocycles. The predicted octanol–water partition coefficient (Wildman–Crippen LogP) is 0.825. The average molecular weight is 170 g/mol. The molecule has 1 N–H and O–H groups in total. The molecule has 4 heteroatoms. The predicted molar refractivity (Wildman–Crippen MR) is 42.3 cm³/mol. The summed E-state index contributed by atoms with van der Waals surface area (Å²) in [5.74, 6) is -1.03. The lowest BCUT2D eigenvalue weighted by Crippen LogP contribution is -2.16. The highest BCUT2D eigenvalue weighted by Crippen LogP contribution is 2.22. The third-order valence-electron chi connectivity index (χ3n) is 1.26. The summed E-state index contributed by atoms with van der Waals surface area (Å²) in [6.45, 7) is 0. The Balaban J connectivity index is 2.86. The van der Waals surface area contributed by atoms with E-state index in [0.29, 0.717) is 6.29 Å². The number of carbonyl (C=O) groups excluding carboxylic acids is 1. The van der Waals surface area contributed by atoms with Crippen molar-refractivity contribution in [1.82, 2.24) is 0 Å². The van der Waals surface area contributed by atoms with Crippen LogP contribution in [0.3, 0.4) is 0 Å². The van der Waals surface area contributed by atoms with Crippen molar-refractivity contribution in [3.8, 4) is 0 Å². The molecule has 0 amide bonds. The van der Waals surface area contributed by atoms with Gasteiger partial charge < -0.3 is 9.90 Å². The Hall–Kier alpha value is -1.03. The van der Waals surface area contributed by atoms with Crippen LogP contribution in [0.5, 0.6) is 0 Å². The Bertz CT molecular complexity index is 242. The maximum absolute atomic E-state index is 10.4. The molecule has 0 saturated heterocycles. The van der Waals surface area contributed by atoms with E-state index in [9.17, 15) is 9.59 Å². The summed E-state index contributed by atoms with van der Waals surface area (Å²) in [4.78, 5) is 20.8. The molecule has 11 heavy (non-hydrogen) atoms. The molecule has 0 aromatic carbocycles. The van der Waals surface area contributed by atoms with Gasteiger partial charge in [-0.3, -0.25) is 0 Å². The number of aldehydes is 1. The molecule has 3 nitrogen and oxygen atoms in total. The third-order valence-corrected chi connectivity index (χ3v) is 2.23. The summed E-state index contributed by atoms with van der Waals surface area (Å²) in [7, 11) is 0. The van der Waals surface area contributed by atoms with Crippen LogP contribution in [0.25, 0.3) is 0 Å². The summed E-state index contributed by atoms with van der Waals surface area (Å²) >= 11 is 1.20. The van der Waals surface area contributed by atoms with Crippen LogP contribution in [0.1, 0.15) is 0 Å². The molecule has 58 valence electrons. The van der Waals surface area contributed by atoms with Crippen molar-refractivity contribution >= 4 is 24.0 Å². The van der Waals surface area contributed by atoms with Crippen LogP contribution in [0, 0.1) is 0 Å². The highest BCUT2D eigenvalue weighted by atomic mass is 32.2. The second-order valence-electron chi connectivity index (χ2n) is 1.95. The van der Waals surface area contributed by atoms with Gasteiger partial charge in [0.2, 0.25) is 0 Å². The quantitative estimate of drug-likeness (QED) is 0.623. The van der Waals surface area contributed by atoms with E-state index in [1.54, 1.807) is 11.5 Å². The second kappa shape index (κ2) is 3.39. The van der Waals surface area contributed by atoms with Gasteiger partial charge in [-0.25, -0.2) is 4.79 Å². The lowest BCUT2D eigenvalue weighted by atomic mass is 10.2. The van der Waals surface area contributed by atoms with Crippen LogP contribution in [0.4, 0.5) is 0 Å². The molecular formula is C7H6O3S. The van der Waals surface area contributed by atoms with Gasteiger partial charge >= 0.3 is 5.97 Å². The highest BCUT2D eigenvalue weighted by molar-refractivity contribution is 8.03. The summed E-state index contributed by atoms with van der Waals surface area (Å²) < 4.78 is 0. The van der Waals surface area contributed by atoms with Crippen molar-refractivity contribution in [3.05, 3.63) is 23.1 Å². The first kappa shape index (κ1) is 8.07. The molecule has 0 aromatic rings. The third kappa shape index (κ3) is 1.71. The normalized spacial score (nSPS) is 22.5. The number of hydrogen-bond acceptors (Lipinski definition) is 3. The molecule has 0 aliphatic carbocycles. The molecule has 1 aliphatic rings. The summed E-state index contributed by atoms with van der Waals surface area (Å²) in [6, 6.07) is 0. The minimum absolute atomic E-state index is 0.146. The molecule has 0 fully saturated rings. The number of carboxylic acid groups (broad SMARTS) is 1. The molecule has 0 spiro atoms. The van der Waals surface area contributed by atoms with Crippen LogP contribution in [-0.2, 0) is 9.59 Å². The van der Waals surface area contributed by atoms with Gasteiger partial charge in [0.1, 0.15) is 6.29 Å². The fraction of sp³-hybridized carbons (Fsp3) is 0.143. The van der Waals surface area contributed by atoms with E-state index < -0.39 is 11.2 Å². The maximum Gasteiger partial charge on any atom is 0.333 e. The number of hydrogen-bond donors (Lipinski definition) is 1. The van der Waals surface area contributed by atoms with Crippen LogP contribution in [-0.4, -0.2) is 22.6 Å². The Morgan fingerprint density at radius 1 is 1.73 bits per heavy atom. The minimum Gasteiger partial charge on any atom is -0.478 e. The van der Waals surface area contributed by atoms with Crippen molar-refractivity contribution in [2.75, 3.05) is 0 Å². The fourth-order valence-corrected chi connectivity index (χ4v) is 1.47. The zero-order valence-electron chi connectivity index (χ0n) is 5.56. The topological polar surface area (TPSA) is 54.4 Å². The summed E-state index contributed by atoms with van der Waals surface area (Å²) in [5.41, 5.74) is 0.146. The summed E-state index contributed by atoms with van der Waals surface area (Å²) in [5, 5.41) is 9.72. The van der Waals surface area contributed by atoms with E-state index in [1.807, 2.05) is 0 Å². The first-order chi connectivity index (χ1) is 5.25. The standard InChI is InChI=1S/C7H6O3S/c8-4-6-5(7(9)10)2-1-3-11-6/h1-4,6H,(H,9,10). The van der Waals surface area contributed by atoms with Gasteiger partial charge in [-0.15, -0.1) is 11.8 Å². The van der Waals surface area contributed by atoms with Crippen LogP contribution >= 0.6 is 11.8 Å². The number of aliphatic carboxylic acids is 1. The molecule has 1 rings (SSSR count). The smallest absolute Gasteiger partial charge is 0.333 e. The molecular weight excluding hydrogens is 164 g/mol. The lowest BCUT2D eigenvalue weighted by molar-refractivity contribution is -0.133. The molecule has 0 radical (unpaired) electrons. The zero-order valence-corrected chi connectivity index (χ0v) is 6.38. The minimum atomic E-state index is -1.03. The van der Waals surface area contributed by atoms with Gasteiger partial charge in [0.15, 0.2) is 0 Å². The number of thioether (sulfide) groups is 1. The SMILES string of the molecule is O=CC1SC=CC=C1C(=O)O. The second-order valence-corrected chi connectivity index (χ2v) is 3.00. The lowest BCUT2D eigenvalue weighted by Gasteiger charge is -2.10. The van der Waals surface area contributed by atoms with Gasteiger partial charge in [-0.05, 0) is 11.5 Å². The number of rotatable bonds is 2. The summed E-state index contributed by atoms with van der Waals surface area (Å²) in [6.07, 6.45) is 3.69. The van der Waals surface area contributed by atoms with E-state index in [4.69, 9.17) is 5.11 Å². The molecule has 1 atom stereocenters.